The number of fused-ring (bicyclic) bond motifs is 5. The lowest BCUT2D eigenvalue weighted by Gasteiger charge is -2.39. The molecule has 1 saturated heterocycles. The van der Waals surface area contributed by atoms with Gasteiger partial charge >= 0.3 is 0 Å². The molecule has 1 aromatic heterocycles. The number of amides is 3. The lowest BCUT2D eigenvalue weighted by Crippen LogP contribution is -2.58. The maximum Gasteiger partial charge on any atom is 0.239 e. The second-order valence-corrected chi connectivity index (χ2v) is 10.5. The van der Waals surface area contributed by atoms with Crippen molar-refractivity contribution in [2.45, 2.75) is 51.4 Å². The summed E-state index contributed by atoms with van der Waals surface area (Å²) in [5.74, 6) is 0.937. The van der Waals surface area contributed by atoms with Crippen LogP contribution >= 0.6 is 0 Å². The largest absolute Gasteiger partial charge is 0.457 e. The molecular weight excluding hydrogens is 520 g/mol. The number of hydrogen-bond acceptors (Lipinski definition) is 6. The van der Waals surface area contributed by atoms with Crippen LogP contribution in [0.2, 0.25) is 0 Å². The second-order valence-electron chi connectivity index (χ2n) is 10.5. The summed E-state index contributed by atoms with van der Waals surface area (Å²) in [6.07, 6.45) is 4.91. The van der Waals surface area contributed by atoms with Gasteiger partial charge in [0.25, 0.3) is 0 Å². The van der Waals surface area contributed by atoms with Gasteiger partial charge in [0.2, 0.25) is 17.7 Å². The Kier molecular flexibility index (Phi) is 9.26. The third-order valence-corrected chi connectivity index (χ3v) is 7.55. The number of hydrogen-bond donors (Lipinski definition) is 1. The Bertz CT molecular complexity index is 1360. The Balaban J connectivity index is 1.33. The third-order valence-electron chi connectivity index (χ3n) is 7.55. The van der Waals surface area contributed by atoms with Crippen LogP contribution < -0.4 is 10.1 Å². The minimum atomic E-state index is -0.403. The molecule has 0 saturated carbocycles. The number of nitrogens with one attached hydrogen (secondary N) is 1. The first-order chi connectivity index (χ1) is 20.0. The van der Waals surface area contributed by atoms with Gasteiger partial charge in [0, 0.05) is 38.4 Å². The summed E-state index contributed by atoms with van der Waals surface area (Å²) in [7, 11) is 0. The molecule has 2 aliphatic rings. The number of nitrogens with zero attached hydrogens (tertiary/aromatic N) is 3. The van der Waals surface area contributed by atoms with Crippen LogP contribution in [0.25, 0.3) is 0 Å². The standard InChI is InChI=1S/C32H36N4O5/c1-2-35-21-30(37)34-28-20-36(31(38)10-9-23-11-14-33-15-12-23)16-13-29(28)40-22-25-6-4-8-27(18-25)41-26-7-3-5-24(17-26)19-32(35)39/h3-8,11-12,14-15,17-18,28-29H,2,9-10,13,16,19-22H2,1H3,(H,34,37)/t28-,29-/m0/s1. The fourth-order valence-electron chi connectivity index (χ4n) is 5.30. The molecular formula is C32H36N4O5. The van der Waals surface area contributed by atoms with E-state index >= 15 is 0 Å². The predicted molar refractivity (Wildman–Crippen MR) is 153 cm³/mol. The van der Waals surface area contributed by atoms with E-state index in [0.717, 1.165) is 16.7 Å². The van der Waals surface area contributed by atoms with Gasteiger partial charge in [-0.2, -0.15) is 0 Å². The van der Waals surface area contributed by atoms with Gasteiger partial charge in [-0.1, -0.05) is 24.3 Å². The maximum absolute atomic E-state index is 13.2. The molecule has 9 heteroatoms. The van der Waals surface area contributed by atoms with E-state index in [2.05, 4.69) is 10.3 Å². The number of ether oxygens (including phenoxy) is 2. The van der Waals surface area contributed by atoms with Gasteiger partial charge in [-0.3, -0.25) is 19.4 Å². The molecule has 0 unspecified atom stereocenters. The molecule has 41 heavy (non-hydrogen) atoms. The van der Waals surface area contributed by atoms with Crippen molar-refractivity contribution in [1.82, 2.24) is 20.1 Å². The lowest BCUT2D eigenvalue weighted by molar-refractivity contribution is -0.139. The molecule has 3 amide bonds. The third kappa shape index (κ3) is 7.70. The van der Waals surface area contributed by atoms with E-state index in [1.54, 1.807) is 22.2 Å². The SMILES string of the molecule is CCN1CC(=O)N[C@H]2CN(C(=O)CCc3ccncc3)CC[C@@H]2OCc2cccc(c2)Oc2cccc(c2)CC1=O. The van der Waals surface area contributed by atoms with Crippen LogP contribution in [0.4, 0.5) is 0 Å². The molecule has 2 atom stereocenters. The van der Waals surface area contributed by atoms with Crippen LogP contribution in [0.3, 0.4) is 0 Å². The molecule has 3 aromatic rings. The van der Waals surface area contributed by atoms with E-state index in [1.807, 2.05) is 67.6 Å². The molecule has 0 spiro atoms. The first-order valence-electron chi connectivity index (χ1n) is 14.2. The first-order valence-corrected chi connectivity index (χ1v) is 14.2. The van der Waals surface area contributed by atoms with Gasteiger partial charge in [0.05, 0.1) is 31.7 Å². The fraction of sp³-hybridized carbons (Fsp3) is 0.375. The van der Waals surface area contributed by atoms with Crippen molar-refractivity contribution in [2.75, 3.05) is 26.2 Å². The minimum Gasteiger partial charge on any atom is -0.457 e. The van der Waals surface area contributed by atoms with Crippen molar-refractivity contribution in [3.8, 4) is 11.5 Å². The Hall–Kier alpha value is -4.24. The van der Waals surface area contributed by atoms with Crippen molar-refractivity contribution < 1.29 is 23.9 Å². The van der Waals surface area contributed by atoms with Crippen LogP contribution in [0, 0.1) is 0 Å². The quantitative estimate of drug-likeness (QED) is 0.528. The molecule has 0 radical (unpaired) electrons. The van der Waals surface area contributed by atoms with Crippen LogP contribution in [0.1, 0.15) is 36.5 Å². The Morgan fingerprint density at radius 2 is 1.76 bits per heavy atom. The average molecular weight is 557 g/mol. The zero-order chi connectivity index (χ0) is 28.6. The number of aryl methyl sites for hydroxylation is 1. The number of aromatic nitrogens is 1. The van der Waals surface area contributed by atoms with Gasteiger partial charge in [-0.25, -0.2) is 0 Å². The van der Waals surface area contributed by atoms with Gasteiger partial charge in [-0.05, 0) is 72.9 Å². The number of carbonyl (C=O) groups is 3. The predicted octanol–water partition coefficient (Wildman–Crippen LogP) is 3.51. The monoisotopic (exact) mass is 556 g/mol. The molecule has 4 bridgehead atoms. The molecule has 1 fully saturated rings. The van der Waals surface area contributed by atoms with Gasteiger partial charge < -0.3 is 24.6 Å². The molecule has 9 nitrogen and oxygen atoms in total. The van der Waals surface area contributed by atoms with Crippen molar-refractivity contribution >= 4 is 17.7 Å². The summed E-state index contributed by atoms with van der Waals surface area (Å²) in [6, 6.07) is 18.6. The summed E-state index contributed by atoms with van der Waals surface area (Å²) in [4.78, 5) is 46.8. The number of likely N-dealkylation sites (tertiary alicyclic amines) is 1. The van der Waals surface area contributed by atoms with Crippen molar-refractivity contribution in [2.24, 2.45) is 0 Å². The van der Waals surface area contributed by atoms with Crippen LogP contribution in [-0.2, 0) is 38.6 Å². The van der Waals surface area contributed by atoms with Crippen LogP contribution in [-0.4, -0.2) is 70.8 Å². The molecule has 5 rings (SSSR count). The molecule has 3 heterocycles. The topological polar surface area (TPSA) is 101 Å². The molecule has 2 aliphatic heterocycles. The Morgan fingerprint density at radius 3 is 2.51 bits per heavy atom. The maximum atomic E-state index is 13.2. The van der Waals surface area contributed by atoms with E-state index in [4.69, 9.17) is 9.47 Å². The van der Waals surface area contributed by atoms with Gasteiger partial charge in [0.15, 0.2) is 0 Å². The number of likely N-dealkylation sites (N-methyl/N-ethyl adjacent to an activating group) is 1. The zero-order valence-electron chi connectivity index (χ0n) is 23.3. The average Bonchev–Trinajstić information content (AvgIpc) is 2.98. The van der Waals surface area contributed by atoms with Crippen molar-refractivity contribution in [3.63, 3.8) is 0 Å². The van der Waals surface area contributed by atoms with E-state index in [1.165, 1.54) is 0 Å². The van der Waals surface area contributed by atoms with E-state index < -0.39 is 6.04 Å². The normalized spacial score (nSPS) is 19.9. The second kappa shape index (κ2) is 13.4. The zero-order valence-corrected chi connectivity index (χ0v) is 23.3. The first kappa shape index (κ1) is 28.3. The number of piperidine rings is 1. The molecule has 2 aromatic carbocycles. The highest BCUT2D eigenvalue weighted by molar-refractivity contribution is 5.86. The van der Waals surface area contributed by atoms with Gasteiger partial charge in [0.1, 0.15) is 11.5 Å². The van der Waals surface area contributed by atoms with Crippen LogP contribution in [0.15, 0.2) is 73.1 Å². The van der Waals surface area contributed by atoms with Crippen molar-refractivity contribution in [3.05, 3.63) is 89.7 Å². The highest BCUT2D eigenvalue weighted by Crippen LogP contribution is 2.25. The number of carbonyl (C=O) groups excluding carboxylic acids is 3. The van der Waals surface area contributed by atoms with Gasteiger partial charge in [-0.15, -0.1) is 0 Å². The molecule has 214 valence electrons. The summed E-state index contributed by atoms with van der Waals surface area (Å²) in [5, 5.41) is 3.08. The van der Waals surface area contributed by atoms with E-state index in [9.17, 15) is 14.4 Å². The summed E-state index contributed by atoms with van der Waals surface area (Å²) < 4.78 is 12.4. The Labute approximate surface area is 240 Å². The number of rotatable bonds is 4. The highest BCUT2D eigenvalue weighted by Gasteiger charge is 2.33. The number of pyridine rings is 1. The van der Waals surface area contributed by atoms with E-state index in [-0.39, 0.29) is 36.8 Å². The molecule has 0 aliphatic carbocycles. The summed E-state index contributed by atoms with van der Waals surface area (Å²) in [5.41, 5.74) is 2.81. The fourth-order valence-corrected chi connectivity index (χ4v) is 5.30. The van der Waals surface area contributed by atoms with Crippen molar-refractivity contribution in [1.29, 1.82) is 0 Å². The summed E-state index contributed by atoms with van der Waals surface area (Å²) in [6.45, 7) is 3.43. The molecule has 1 N–H and O–H groups in total. The number of benzene rings is 2. The van der Waals surface area contributed by atoms with Crippen LogP contribution in [0.5, 0.6) is 11.5 Å². The smallest absolute Gasteiger partial charge is 0.239 e. The lowest BCUT2D eigenvalue weighted by atomic mass is 10.0. The summed E-state index contributed by atoms with van der Waals surface area (Å²) >= 11 is 0. The van der Waals surface area contributed by atoms with E-state index in [0.29, 0.717) is 57.0 Å². The minimum absolute atomic E-state index is 0.0369. The Morgan fingerprint density at radius 1 is 1.02 bits per heavy atom. The highest BCUT2D eigenvalue weighted by atomic mass is 16.5.